The largest absolute Gasteiger partial charge is 0.508 e. The fourth-order valence-corrected chi connectivity index (χ4v) is 3.99. The van der Waals surface area contributed by atoms with Gasteiger partial charge in [-0.25, -0.2) is 0 Å². The molecular weight excluding hydrogens is 284 g/mol. The van der Waals surface area contributed by atoms with Crippen LogP contribution in [0.2, 0.25) is 0 Å². The van der Waals surface area contributed by atoms with Crippen LogP contribution < -0.4 is 0 Å². The van der Waals surface area contributed by atoms with Crippen LogP contribution in [0.1, 0.15) is 29.6 Å². The molecule has 0 spiro atoms. The monoisotopic (exact) mass is 304 g/mol. The molecule has 2 nitrogen and oxygen atoms in total. The Balaban J connectivity index is 1.46. The molecule has 1 N–H and O–H groups in total. The molecule has 0 saturated heterocycles. The van der Waals surface area contributed by atoms with Gasteiger partial charge < -0.3 is 5.11 Å². The van der Waals surface area contributed by atoms with Crippen LogP contribution in [-0.2, 0) is 0 Å². The molecule has 2 aromatic carbocycles. The van der Waals surface area contributed by atoms with Gasteiger partial charge in [0.05, 0.1) is 0 Å². The molecule has 2 aliphatic carbocycles. The Bertz CT molecular complexity index is 740. The highest BCUT2D eigenvalue weighted by Crippen LogP contribution is 2.45. The van der Waals surface area contributed by atoms with Gasteiger partial charge in [0.1, 0.15) is 5.75 Å². The number of carbonyl (C=O) groups excluding carboxylic acids is 1. The van der Waals surface area contributed by atoms with E-state index in [2.05, 4.69) is 12.2 Å². The van der Waals surface area contributed by atoms with Gasteiger partial charge in [0.15, 0.2) is 5.78 Å². The quantitative estimate of drug-likeness (QED) is 0.648. The van der Waals surface area contributed by atoms with Gasteiger partial charge in [-0.1, -0.05) is 48.6 Å². The molecule has 4 rings (SSSR count). The Morgan fingerprint density at radius 3 is 2.13 bits per heavy atom. The summed E-state index contributed by atoms with van der Waals surface area (Å²) >= 11 is 0. The first kappa shape index (κ1) is 14.3. The Kier molecular flexibility index (Phi) is 3.53. The van der Waals surface area contributed by atoms with Gasteiger partial charge in [0.25, 0.3) is 0 Å². The first-order chi connectivity index (χ1) is 11.2. The van der Waals surface area contributed by atoms with Crippen LogP contribution >= 0.6 is 0 Å². The minimum atomic E-state index is 0.258. The number of benzene rings is 2. The van der Waals surface area contributed by atoms with Crippen LogP contribution in [0.4, 0.5) is 0 Å². The molecule has 1 saturated carbocycles. The summed E-state index contributed by atoms with van der Waals surface area (Å²) in [6, 6.07) is 14.9. The maximum absolute atomic E-state index is 12.5. The van der Waals surface area contributed by atoms with E-state index in [1.54, 1.807) is 12.1 Å². The number of hydrogen-bond acceptors (Lipinski definition) is 2. The van der Waals surface area contributed by atoms with E-state index in [9.17, 15) is 9.90 Å². The fraction of sp³-hybridized carbons (Fsp3) is 0.286. The highest BCUT2D eigenvalue weighted by atomic mass is 16.3. The number of rotatable bonds is 4. The van der Waals surface area contributed by atoms with Crippen molar-refractivity contribution in [2.24, 2.45) is 17.8 Å². The van der Waals surface area contributed by atoms with Crippen molar-refractivity contribution < 1.29 is 9.90 Å². The average molecular weight is 304 g/mol. The minimum Gasteiger partial charge on any atom is -0.508 e. The molecular formula is C21H20O2. The normalized spacial score (nSPS) is 25.0. The van der Waals surface area contributed by atoms with E-state index in [0.717, 1.165) is 22.6 Å². The average Bonchev–Trinajstić information content (AvgIpc) is 3.18. The highest BCUT2D eigenvalue weighted by Gasteiger charge is 2.36. The van der Waals surface area contributed by atoms with E-state index in [1.165, 1.54) is 12.8 Å². The molecule has 2 bridgehead atoms. The van der Waals surface area contributed by atoms with Crippen LogP contribution in [0, 0.1) is 17.8 Å². The summed E-state index contributed by atoms with van der Waals surface area (Å²) in [6.07, 6.45) is 7.72. The van der Waals surface area contributed by atoms with E-state index < -0.39 is 0 Å². The van der Waals surface area contributed by atoms with Crippen molar-refractivity contribution in [3.8, 4) is 16.9 Å². The SMILES string of the molecule is O=C(CC1CC2C=CC1C2)c1ccc(-c2ccc(O)cc2)cc1. The molecule has 3 unspecified atom stereocenters. The topological polar surface area (TPSA) is 37.3 Å². The molecule has 2 heteroatoms. The number of allylic oxidation sites excluding steroid dienone is 2. The number of hydrogen-bond donors (Lipinski definition) is 1. The van der Waals surface area contributed by atoms with Crippen molar-refractivity contribution in [2.75, 3.05) is 0 Å². The van der Waals surface area contributed by atoms with E-state index in [4.69, 9.17) is 0 Å². The molecule has 116 valence electrons. The summed E-state index contributed by atoms with van der Waals surface area (Å²) in [4.78, 5) is 12.5. The first-order valence-corrected chi connectivity index (χ1v) is 8.30. The number of phenols is 1. The van der Waals surface area contributed by atoms with Crippen LogP contribution in [0.3, 0.4) is 0 Å². The first-order valence-electron chi connectivity index (χ1n) is 8.30. The summed E-state index contributed by atoms with van der Waals surface area (Å²) in [5.74, 6) is 2.40. The Morgan fingerprint density at radius 1 is 0.913 bits per heavy atom. The Hall–Kier alpha value is -2.35. The standard InChI is InChI=1S/C21H20O2/c22-20-9-7-16(8-10-20)15-3-5-17(6-4-15)21(23)13-19-12-14-1-2-18(19)11-14/h1-10,14,18-19,22H,11-13H2. The molecule has 1 fully saturated rings. The van der Waals surface area contributed by atoms with Crippen molar-refractivity contribution in [3.05, 3.63) is 66.2 Å². The van der Waals surface area contributed by atoms with Crippen molar-refractivity contribution in [2.45, 2.75) is 19.3 Å². The second-order valence-electron chi connectivity index (χ2n) is 6.79. The maximum Gasteiger partial charge on any atom is 0.163 e. The van der Waals surface area contributed by atoms with Crippen LogP contribution in [0.25, 0.3) is 11.1 Å². The lowest BCUT2D eigenvalue weighted by Crippen LogP contribution is -2.13. The lowest BCUT2D eigenvalue weighted by Gasteiger charge is -2.17. The third-order valence-corrected chi connectivity index (χ3v) is 5.27. The van der Waals surface area contributed by atoms with Gasteiger partial charge in [-0.05, 0) is 53.9 Å². The summed E-state index contributed by atoms with van der Waals surface area (Å²) < 4.78 is 0. The Labute approximate surface area is 136 Å². The van der Waals surface area contributed by atoms with Crippen LogP contribution in [0.5, 0.6) is 5.75 Å². The zero-order valence-electron chi connectivity index (χ0n) is 13.0. The molecule has 0 aliphatic heterocycles. The predicted molar refractivity (Wildman–Crippen MR) is 91.3 cm³/mol. The third-order valence-electron chi connectivity index (χ3n) is 5.27. The number of aromatic hydroxyl groups is 1. The van der Waals surface area contributed by atoms with Crippen molar-refractivity contribution in [1.82, 2.24) is 0 Å². The molecule has 0 radical (unpaired) electrons. The zero-order valence-corrected chi connectivity index (χ0v) is 13.0. The smallest absolute Gasteiger partial charge is 0.163 e. The lowest BCUT2D eigenvalue weighted by molar-refractivity contribution is 0.0954. The van der Waals surface area contributed by atoms with E-state index in [0.29, 0.717) is 18.3 Å². The number of ketones is 1. The fourth-order valence-electron chi connectivity index (χ4n) is 3.99. The number of phenolic OH excluding ortho intramolecular Hbond substituents is 1. The number of fused-ring (bicyclic) bond motifs is 2. The molecule has 0 amide bonds. The summed E-state index contributed by atoms with van der Waals surface area (Å²) in [5.41, 5.74) is 2.91. The van der Waals surface area contributed by atoms with E-state index >= 15 is 0 Å². The van der Waals surface area contributed by atoms with E-state index in [-0.39, 0.29) is 11.5 Å². The number of Topliss-reactive ketones (excluding diaryl/α,β-unsaturated/α-hetero) is 1. The summed E-state index contributed by atoms with van der Waals surface area (Å²) in [6.45, 7) is 0. The van der Waals surface area contributed by atoms with E-state index in [1.807, 2.05) is 36.4 Å². The number of carbonyl (C=O) groups is 1. The Morgan fingerprint density at radius 2 is 1.57 bits per heavy atom. The van der Waals surface area contributed by atoms with Gasteiger partial charge in [-0.3, -0.25) is 4.79 Å². The van der Waals surface area contributed by atoms with Crippen molar-refractivity contribution >= 4 is 5.78 Å². The summed E-state index contributed by atoms with van der Waals surface area (Å²) in [7, 11) is 0. The van der Waals surface area contributed by atoms with Gasteiger partial charge in [0, 0.05) is 12.0 Å². The highest BCUT2D eigenvalue weighted by molar-refractivity contribution is 5.96. The second kappa shape index (κ2) is 5.69. The summed E-state index contributed by atoms with van der Waals surface area (Å²) in [5, 5.41) is 9.35. The molecule has 2 aliphatic rings. The molecule has 0 aromatic heterocycles. The molecule has 3 atom stereocenters. The van der Waals surface area contributed by atoms with Crippen LogP contribution in [0.15, 0.2) is 60.7 Å². The van der Waals surface area contributed by atoms with Crippen LogP contribution in [-0.4, -0.2) is 10.9 Å². The van der Waals surface area contributed by atoms with Gasteiger partial charge in [-0.2, -0.15) is 0 Å². The molecule has 23 heavy (non-hydrogen) atoms. The predicted octanol–water partition coefficient (Wildman–Crippen LogP) is 4.84. The maximum atomic E-state index is 12.5. The zero-order chi connectivity index (χ0) is 15.8. The van der Waals surface area contributed by atoms with Gasteiger partial charge in [0.2, 0.25) is 0 Å². The minimum absolute atomic E-state index is 0.258. The van der Waals surface area contributed by atoms with Crippen molar-refractivity contribution in [3.63, 3.8) is 0 Å². The third kappa shape index (κ3) is 2.81. The van der Waals surface area contributed by atoms with Gasteiger partial charge >= 0.3 is 0 Å². The molecule has 0 heterocycles. The van der Waals surface area contributed by atoms with Gasteiger partial charge in [-0.15, -0.1) is 0 Å². The second-order valence-corrected chi connectivity index (χ2v) is 6.79. The van der Waals surface area contributed by atoms with Crippen molar-refractivity contribution in [1.29, 1.82) is 0 Å². The molecule has 2 aromatic rings. The lowest BCUT2D eigenvalue weighted by atomic mass is 9.87.